The van der Waals surface area contributed by atoms with Crippen molar-refractivity contribution in [2.45, 2.75) is 12.5 Å². The highest BCUT2D eigenvalue weighted by Gasteiger charge is 2.14. The van der Waals surface area contributed by atoms with Crippen LogP contribution in [0, 0.1) is 0 Å². The maximum absolute atomic E-state index is 11.1. The van der Waals surface area contributed by atoms with Gasteiger partial charge in [0.2, 0.25) is 0 Å². The highest BCUT2D eigenvalue weighted by molar-refractivity contribution is 7.90. The van der Waals surface area contributed by atoms with Crippen LogP contribution in [0.1, 0.15) is 5.56 Å². The third-order valence-electron chi connectivity index (χ3n) is 2.41. The summed E-state index contributed by atoms with van der Waals surface area (Å²) in [6, 6.07) is 5.22. The molecule has 6 heteroatoms. The predicted molar refractivity (Wildman–Crippen MR) is 69.0 cm³/mol. The highest BCUT2D eigenvalue weighted by atomic mass is 32.2. The van der Waals surface area contributed by atoms with Crippen molar-refractivity contribution in [3.63, 3.8) is 0 Å². The van der Waals surface area contributed by atoms with Crippen LogP contribution in [0.4, 0.5) is 0 Å². The number of benzene rings is 1. The van der Waals surface area contributed by atoms with Crippen molar-refractivity contribution in [3.8, 4) is 11.5 Å². The molecule has 18 heavy (non-hydrogen) atoms. The van der Waals surface area contributed by atoms with Gasteiger partial charge in [-0.2, -0.15) is 0 Å². The summed E-state index contributed by atoms with van der Waals surface area (Å²) < 4.78 is 32.3. The number of sulfone groups is 1. The zero-order valence-electron chi connectivity index (χ0n) is 10.7. The lowest BCUT2D eigenvalue weighted by atomic mass is 10.1. The largest absolute Gasteiger partial charge is 0.493 e. The summed E-state index contributed by atoms with van der Waals surface area (Å²) in [5.74, 6) is 0.904. The van der Waals surface area contributed by atoms with Crippen LogP contribution in [-0.2, 0) is 16.3 Å². The van der Waals surface area contributed by atoms with Gasteiger partial charge in [-0.05, 0) is 24.1 Å². The quantitative estimate of drug-likeness (QED) is 0.824. The number of hydrogen-bond donors (Lipinski definition) is 1. The van der Waals surface area contributed by atoms with E-state index in [-0.39, 0.29) is 12.2 Å². The van der Waals surface area contributed by atoms with Crippen LogP contribution in [0.3, 0.4) is 0 Å². The van der Waals surface area contributed by atoms with Crippen LogP contribution in [-0.4, -0.2) is 45.9 Å². The van der Waals surface area contributed by atoms with Gasteiger partial charge in [0.1, 0.15) is 9.84 Å². The van der Waals surface area contributed by atoms with E-state index in [9.17, 15) is 13.5 Å². The SMILES string of the molecule is COc1ccc(CC(O)CS(C)(=O)=O)cc1OC. The second-order valence-corrected chi connectivity index (χ2v) is 6.32. The average Bonchev–Trinajstić information content (AvgIpc) is 2.26. The Bertz CT molecular complexity index is 495. The molecule has 5 nitrogen and oxygen atoms in total. The van der Waals surface area contributed by atoms with Crippen LogP contribution in [0.25, 0.3) is 0 Å². The van der Waals surface area contributed by atoms with Gasteiger partial charge in [0, 0.05) is 6.26 Å². The van der Waals surface area contributed by atoms with E-state index in [1.54, 1.807) is 18.2 Å². The molecule has 1 N–H and O–H groups in total. The first-order valence-corrected chi connectivity index (χ1v) is 7.48. The fourth-order valence-electron chi connectivity index (χ4n) is 1.69. The molecule has 102 valence electrons. The first kappa shape index (κ1) is 14.8. The normalized spacial score (nSPS) is 13.1. The molecule has 1 atom stereocenters. The van der Waals surface area contributed by atoms with Gasteiger partial charge in [-0.15, -0.1) is 0 Å². The Morgan fingerprint density at radius 3 is 2.33 bits per heavy atom. The molecule has 0 aliphatic carbocycles. The second kappa shape index (κ2) is 6.06. The molecule has 1 aromatic rings. The fraction of sp³-hybridized carbons (Fsp3) is 0.500. The molecule has 0 aromatic heterocycles. The first-order valence-electron chi connectivity index (χ1n) is 5.42. The van der Waals surface area contributed by atoms with Gasteiger partial charge >= 0.3 is 0 Å². The molecule has 1 aromatic carbocycles. The van der Waals surface area contributed by atoms with Gasteiger partial charge in [0.05, 0.1) is 26.1 Å². The van der Waals surface area contributed by atoms with Crippen LogP contribution >= 0.6 is 0 Å². The number of methoxy groups -OCH3 is 2. The molecule has 0 fully saturated rings. The van der Waals surface area contributed by atoms with E-state index >= 15 is 0 Å². The van der Waals surface area contributed by atoms with Crippen molar-refractivity contribution in [3.05, 3.63) is 23.8 Å². The van der Waals surface area contributed by atoms with Crippen molar-refractivity contribution in [2.24, 2.45) is 0 Å². The minimum atomic E-state index is -3.18. The fourth-order valence-corrected chi connectivity index (χ4v) is 2.50. The van der Waals surface area contributed by atoms with Gasteiger partial charge in [0.25, 0.3) is 0 Å². The van der Waals surface area contributed by atoms with E-state index in [1.165, 1.54) is 14.2 Å². The van der Waals surface area contributed by atoms with Crippen molar-refractivity contribution in [1.82, 2.24) is 0 Å². The third kappa shape index (κ3) is 4.54. The van der Waals surface area contributed by atoms with E-state index in [4.69, 9.17) is 9.47 Å². The first-order chi connectivity index (χ1) is 8.35. The van der Waals surface area contributed by atoms with Crippen molar-refractivity contribution in [1.29, 1.82) is 0 Å². The molecule has 0 spiro atoms. The van der Waals surface area contributed by atoms with Gasteiger partial charge in [0.15, 0.2) is 11.5 Å². The van der Waals surface area contributed by atoms with Crippen molar-refractivity contribution >= 4 is 9.84 Å². The highest BCUT2D eigenvalue weighted by Crippen LogP contribution is 2.28. The topological polar surface area (TPSA) is 72.8 Å². The lowest BCUT2D eigenvalue weighted by Crippen LogP contribution is -2.22. The molecule has 0 saturated heterocycles. The smallest absolute Gasteiger partial charge is 0.160 e. The molecule has 0 bridgehead atoms. The number of hydrogen-bond acceptors (Lipinski definition) is 5. The van der Waals surface area contributed by atoms with E-state index in [0.29, 0.717) is 11.5 Å². The number of ether oxygens (including phenoxy) is 2. The molecule has 0 aliphatic heterocycles. The standard InChI is InChI=1S/C12H18O5S/c1-16-11-5-4-9(7-12(11)17-2)6-10(13)8-18(3,14)15/h4-5,7,10,13H,6,8H2,1-3H3. The lowest BCUT2D eigenvalue weighted by Gasteiger charge is -2.12. The van der Waals surface area contributed by atoms with Crippen molar-refractivity contribution in [2.75, 3.05) is 26.2 Å². The number of aliphatic hydroxyl groups is 1. The van der Waals surface area contributed by atoms with Crippen LogP contribution in [0.5, 0.6) is 11.5 Å². The van der Waals surface area contributed by atoms with E-state index < -0.39 is 15.9 Å². The summed E-state index contributed by atoms with van der Waals surface area (Å²) in [5, 5.41) is 9.68. The van der Waals surface area contributed by atoms with Gasteiger partial charge < -0.3 is 14.6 Å². The Hall–Kier alpha value is -1.27. The minimum Gasteiger partial charge on any atom is -0.493 e. The Labute approximate surface area is 107 Å². The second-order valence-electron chi connectivity index (χ2n) is 4.14. The maximum Gasteiger partial charge on any atom is 0.160 e. The Morgan fingerprint density at radius 2 is 1.83 bits per heavy atom. The molecule has 0 aliphatic rings. The van der Waals surface area contributed by atoms with E-state index in [0.717, 1.165) is 11.8 Å². The third-order valence-corrected chi connectivity index (χ3v) is 3.40. The zero-order chi connectivity index (χ0) is 13.8. The molecule has 0 saturated carbocycles. The Kier molecular flexibility index (Phi) is 4.98. The molecule has 1 unspecified atom stereocenters. The molecule has 0 amide bonds. The molecular weight excluding hydrogens is 256 g/mol. The predicted octanol–water partition coefficient (Wildman–Crippen LogP) is 0.652. The van der Waals surface area contributed by atoms with Crippen molar-refractivity contribution < 1.29 is 23.0 Å². The summed E-state index contributed by atoms with van der Waals surface area (Å²) in [5.41, 5.74) is 0.795. The average molecular weight is 274 g/mol. The van der Waals surface area contributed by atoms with E-state index in [2.05, 4.69) is 0 Å². The van der Waals surface area contributed by atoms with Gasteiger partial charge in [-0.1, -0.05) is 6.07 Å². The summed E-state index contributed by atoms with van der Waals surface area (Å²) in [6.45, 7) is 0. The maximum atomic E-state index is 11.1. The summed E-state index contributed by atoms with van der Waals surface area (Å²) in [4.78, 5) is 0. The minimum absolute atomic E-state index is 0.249. The molecule has 1 rings (SSSR count). The molecular formula is C12H18O5S. The number of aliphatic hydroxyl groups excluding tert-OH is 1. The van der Waals surface area contributed by atoms with Gasteiger partial charge in [-0.3, -0.25) is 0 Å². The zero-order valence-corrected chi connectivity index (χ0v) is 11.5. The van der Waals surface area contributed by atoms with Gasteiger partial charge in [-0.25, -0.2) is 8.42 Å². The Balaban J connectivity index is 2.79. The van der Waals surface area contributed by atoms with E-state index in [1.807, 2.05) is 0 Å². The lowest BCUT2D eigenvalue weighted by molar-refractivity contribution is 0.198. The summed E-state index contributed by atoms with van der Waals surface area (Å²) >= 11 is 0. The Morgan fingerprint density at radius 1 is 1.22 bits per heavy atom. The van der Waals surface area contributed by atoms with Crippen LogP contribution < -0.4 is 9.47 Å². The summed E-state index contributed by atoms with van der Waals surface area (Å²) in [7, 11) is -0.118. The molecule has 0 radical (unpaired) electrons. The van der Waals surface area contributed by atoms with Crippen LogP contribution in [0.15, 0.2) is 18.2 Å². The molecule has 0 heterocycles. The monoisotopic (exact) mass is 274 g/mol. The number of rotatable bonds is 6. The summed E-state index contributed by atoms with van der Waals surface area (Å²) in [6.07, 6.45) is 0.441. The van der Waals surface area contributed by atoms with Crippen LogP contribution in [0.2, 0.25) is 0 Å².